The molecule has 0 spiro atoms. The van der Waals surface area contributed by atoms with Gasteiger partial charge in [-0.15, -0.1) is 0 Å². The summed E-state index contributed by atoms with van der Waals surface area (Å²) in [5.74, 6) is -1.11. The van der Waals surface area contributed by atoms with Gasteiger partial charge in [0.15, 0.2) is 0 Å². The smallest absolute Gasteiger partial charge is 0.328 e. The molecule has 1 aromatic rings. The number of nitrogens with one attached hydrogen (secondary N) is 1. The van der Waals surface area contributed by atoms with E-state index in [1.54, 1.807) is 0 Å². The number of sulfonamides is 1. The first-order valence-electron chi connectivity index (χ1n) is 5.93. The standard InChI is InChI=1S/C12H14N2O5S/c15-12(16)2-1-9-5-11(7-13-6-9)20(17,18)14-10-3-4-19-8-10/h1-2,5-7,10,14H,3-4,8H2,(H,15,16)/b2-1+. The van der Waals surface area contributed by atoms with Crippen molar-refractivity contribution in [2.45, 2.75) is 17.4 Å². The Morgan fingerprint density at radius 1 is 1.50 bits per heavy atom. The van der Waals surface area contributed by atoms with Crippen LogP contribution in [0.4, 0.5) is 0 Å². The molecule has 1 aromatic heterocycles. The Balaban J connectivity index is 2.18. The van der Waals surface area contributed by atoms with Gasteiger partial charge in [0.1, 0.15) is 4.90 Å². The molecule has 20 heavy (non-hydrogen) atoms. The maximum absolute atomic E-state index is 12.1. The Hall–Kier alpha value is -1.77. The first kappa shape index (κ1) is 14.6. The highest BCUT2D eigenvalue weighted by Gasteiger charge is 2.23. The van der Waals surface area contributed by atoms with Crippen LogP contribution in [0.2, 0.25) is 0 Å². The van der Waals surface area contributed by atoms with Gasteiger partial charge in [-0.05, 0) is 24.1 Å². The average molecular weight is 298 g/mol. The fourth-order valence-corrected chi connectivity index (χ4v) is 3.01. The van der Waals surface area contributed by atoms with Crippen molar-refractivity contribution < 1.29 is 23.1 Å². The van der Waals surface area contributed by atoms with Gasteiger partial charge in [0.2, 0.25) is 10.0 Å². The zero-order valence-electron chi connectivity index (χ0n) is 10.5. The predicted molar refractivity (Wildman–Crippen MR) is 70.5 cm³/mol. The van der Waals surface area contributed by atoms with E-state index in [-0.39, 0.29) is 10.9 Å². The van der Waals surface area contributed by atoms with E-state index in [1.807, 2.05) is 0 Å². The highest BCUT2D eigenvalue weighted by atomic mass is 32.2. The number of hydrogen-bond acceptors (Lipinski definition) is 5. The molecule has 1 saturated heterocycles. The van der Waals surface area contributed by atoms with Crippen LogP contribution in [0.1, 0.15) is 12.0 Å². The molecular formula is C12H14N2O5S. The van der Waals surface area contributed by atoms with Gasteiger partial charge in [-0.1, -0.05) is 0 Å². The molecule has 1 unspecified atom stereocenters. The van der Waals surface area contributed by atoms with Gasteiger partial charge in [-0.25, -0.2) is 17.9 Å². The third kappa shape index (κ3) is 3.86. The molecule has 0 saturated carbocycles. The van der Waals surface area contributed by atoms with Crippen molar-refractivity contribution in [3.05, 3.63) is 30.1 Å². The fourth-order valence-electron chi connectivity index (χ4n) is 1.76. The topological polar surface area (TPSA) is 106 Å². The molecule has 0 amide bonds. The molecule has 2 heterocycles. The quantitative estimate of drug-likeness (QED) is 0.755. The molecule has 1 atom stereocenters. The Morgan fingerprint density at radius 2 is 2.30 bits per heavy atom. The summed E-state index contributed by atoms with van der Waals surface area (Å²) in [6.07, 6.45) is 5.44. The van der Waals surface area contributed by atoms with Crippen molar-refractivity contribution in [2.24, 2.45) is 0 Å². The van der Waals surface area contributed by atoms with Crippen molar-refractivity contribution in [3.8, 4) is 0 Å². The van der Waals surface area contributed by atoms with Crippen LogP contribution >= 0.6 is 0 Å². The number of carbonyl (C=O) groups is 1. The molecular weight excluding hydrogens is 284 g/mol. The second-order valence-electron chi connectivity index (χ2n) is 4.31. The van der Waals surface area contributed by atoms with E-state index in [0.29, 0.717) is 25.2 Å². The number of carboxylic acid groups (broad SMARTS) is 1. The molecule has 1 aliphatic heterocycles. The fraction of sp³-hybridized carbons (Fsp3) is 0.333. The minimum absolute atomic E-state index is 0.00283. The number of hydrogen-bond donors (Lipinski definition) is 2. The number of rotatable bonds is 5. The van der Waals surface area contributed by atoms with Crippen LogP contribution in [0.3, 0.4) is 0 Å². The van der Waals surface area contributed by atoms with Gasteiger partial charge in [-0.3, -0.25) is 4.98 Å². The summed E-state index contributed by atoms with van der Waals surface area (Å²) in [5, 5.41) is 8.54. The molecule has 1 aliphatic rings. The lowest BCUT2D eigenvalue weighted by Crippen LogP contribution is -2.35. The van der Waals surface area contributed by atoms with E-state index in [1.165, 1.54) is 24.5 Å². The second kappa shape index (κ2) is 6.12. The molecule has 2 N–H and O–H groups in total. The lowest BCUT2D eigenvalue weighted by molar-refractivity contribution is -0.131. The Kier molecular flexibility index (Phi) is 4.48. The summed E-state index contributed by atoms with van der Waals surface area (Å²) in [6.45, 7) is 0.887. The molecule has 108 valence electrons. The monoisotopic (exact) mass is 298 g/mol. The summed E-state index contributed by atoms with van der Waals surface area (Å²) >= 11 is 0. The first-order valence-corrected chi connectivity index (χ1v) is 7.42. The summed E-state index contributed by atoms with van der Waals surface area (Å²) in [7, 11) is -3.68. The second-order valence-corrected chi connectivity index (χ2v) is 6.02. The lowest BCUT2D eigenvalue weighted by Gasteiger charge is -2.11. The van der Waals surface area contributed by atoms with Crippen LogP contribution in [0.25, 0.3) is 6.08 Å². The van der Waals surface area contributed by atoms with Crippen molar-refractivity contribution in [1.82, 2.24) is 9.71 Å². The van der Waals surface area contributed by atoms with Crippen molar-refractivity contribution in [1.29, 1.82) is 0 Å². The number of ether oxygens (including phenoxy) is 1. The maximum atomic E-state index is 12.1. The number of carboxylic acids is 1. The molecule has 0 aromatic carbocycles. The van der Waals surface area contributed by atoms with Crippen LogP contribution in [0.15, 0.2) is 29.4 Å². The average Bonchev–Trinajstić information content (AvgIpc) is 2.89. The molecule has 0 bridgehead atoms. The van der Waals surface area contributed by atoms with Crippen LogP contribution in [-0.4, -0.2) is 43.7 Å². The minimum Gasteiger partial charge on any atom is -0.478 e. The lowest BCUT2D eigenvalue weighted by atomic mass is 10.2. The van der Waals surface area contributed by atoms with Crippen LogP contribution in [-0.2, 0) is 19.6 Å². The van der Waals surface area contributed by atoms with Gasteiger partial charge < -0.3 is 9.84 Å². The molecule has 7 nitrogen and oxygen atoms in total. The predicted octanol–water partition coefficient (Wildman–Crippen LogP) is 0.247. The first-order chi connectivity index (χ1) is 9.47. The van der Waals surface area contributed by atoms with Crippen molar-refractivity contribution in [2.75, 3.05) is 13.2 Å². The summed E-state index contributed by atoms with van der Waals surface area (Å²) in [5.41, 5.74) is 0.401. The molecule has 1 fully saturated rings. The van der Waals surface area contributed by atoms with Gasteiger partial charge in [0.25, 0.3) is 0 Å². The number of nitrogens with zero attached hydrogens (tertiary/aromatic N) is 1. The summed E-state index contributed by atoms with van der Waals surface area (Å²) in [6, 6.07) is 1.13. The Morgan fingerprint density at radius 3 is 2.95 bits per heavy atom. The van der Waals surface area contributed by atoms with E-state index >= 15 is 0 Å². The third-order valence-electron chi connectivity index (χ3n) is 2.71. The maximum Gasteiger partial charge on any atom is 0.328 e. The SMILES string of the molecule is O=C(O)/C=C/c1cncc(S(=O)(=O)NC2CCOC2)c1. The largest absolute Gasteiger partial charge is 0.478 e. The number of aromatic nitrogens is 1. The van der Waals surface area contributed by atoms with E-state index in [9.17, 15) is 13.2 Å². The summed E-state index contributed by atoms with van der Waals surface area (Å²) < 4.78 is 31.9. The van der Waals surface area contributed by atoms with Gasteiger partial charge >= 0.3 is 5.97 Å². The zero-order chi connectivity index (χ0) is 14.6. The van der Waals surface area contributed by atoms with Crippen LogP contribution in [0.5, 0.6) is 0 Å². The van der Waals surface area contributed by atoms with Gasteiger partial charge in [0, 0.05) is 31.1 Å². The molecule has 0 aliphatic carbocycles. The highest BCUT2D eigenvalue weighted by molar-refractivity contribution is 7.89. The number of pyridine rings is 1. The summed E-state index contributed by atoms with van der Waals surface area (Å²) in [4.78, 5) is 14.2. The molecule has 0 radical (unpaired) electrons. The van der Waals surface area contributed by atoms with Gasteiger partial charge in [0.05, 0.1) is 6.61 Å². The van der Waals surface area contributed by atoms with E-state index < -0.39 is 16.0 Å². The minimum atomic E-state index is -3.68. The van der Waals surface area contributed by atoms with Crippen molar-refractivity contribution >= 4 is 22.1 Å². The molecule has 2 rings (SSSR count). The van der Waals surface area contributed by atoms with Crippen molar-refractivity contribution in [3.63, 3.8) is 0 Å². The van der Waals surface area contributed by atoms with Crippen LogP contribution in [0, 0.1) is 0 Å². The van der Waals surface area contributed by atoms with Crippen LogP contribution < -0.4 is 4.72 Å². The normalized spacial score (nSPS) is 19.5. The van der Waals surface area contributed by atoms with E-state index in [2.05, 4.69) is 9.71 Å². The van der Waals surface area contributed by atoms with E-state index in [4.69, 9.17) is 9.84 Å². The zero-order valence-corrected chi connectivity index (χ0v) is 11.3. The number of aliphatic carboxylic acids is 1. The third-order valence-corrected chi connectivity index (χ3v) is 4.20. The van der Waals surface area contributed by atoms with Gasteiger partial charge in [-0.2, -0.15) is 0 Å². The Labute approximate surface area is 116 Å². The Bertz CT molecular complexity index is 620. The van der Waals surface area contributed by atoms with E-state index in [0.717, 1.165) is 6.08 Å². The molecule has 8 heteroatoms. The highest BCUT2D eigenvalue weighted by Crippen LogP contribution is 2.13.